The molecule has 0 N–H and O–H groups in total. The molecule has 1 heterocycles. The number of thioether (sulfide) groups is 5. The lowest BCUT2D eigenvalue weighted by Crippen LogP contribution is -1.93. The predicted octanol–water partition coefficient (Wildman–Crippen LogP) is 4.44. The minimum Gasteiger partial charge on any atom is -0.161 e. The van der Waals surface area contributed by atoms with E-state index in [0.29, 0.717) is 0 Å². The van der Waals surface area contributed by atoms with Crippen molar-refractivity contribution in [1.29, 1.82) is 0 Å². The van der Waals surface area contributed by atoms with Crippen LogP contribution in [-0.4, -0.2) is 57.0 Å². The van der Waals surface area contributed by atoms with Crippen LogP contribution in [0.2, 0.25) is 0 Å². The Bertz CT molecular complexity index is 161. The van der Waals surface area contributed by atoms with Crippen LogP contribution in [0.3, 0.4) is 0 Å². The van der Waals surface area contributed by atoms with Gasteiger partial charge in [0.05, 0.1) is 0 Å². The lowest BCUT2D eigenvalue weighted by atomic mass is 10.6. The molecule has 1 unspecified atom stereocenters. The Hall–Kier alpha value is 1.75. The Labute approximate surface area is 128 Å². The predicted molar refractivity (Wildman–Crippen MR) is 95.8 cm³/mol. The summed E-state index contributed by atoms with van der Waals surface area (Å²) < 4.78 is 0. The highest BCUT2D eigenvalue weighted by Crippen LogP contribution is 2.33. The van der Waals surface area contributed by atoms with Crippen LogP contribution in [0, 0.1) is 0 Å². The number of hydrogen-bond donors (Lipinski definition) is 0. The van der Waals surface area contributed by atoms with Gasteiger partial charge >= 0.3 is 0 Å². The summed E-state index contributed by atoms with van der Waals surface area (Å²) in [5, 5.41) is 1.02. The first kappa shape index (κ1) is 16.8. The van der Waals surface area contributed by atoms with Gasteiger partial charge in [-0.2, -0.15) is 58.8 Å². The first-order valence-electron chi connectivity index (χ1n) is 6.36. The zero-order chi connectivity index (χ0) is 12.2. The smallest absolute Gasteiger partial charge is 0.0229 e. The van der Waals surface area contributed by atoms with Crippen molar-refractivity contribution in [2.75, 3.05) is 51.8 Å². The van der Waals surface area contributed by atoms with E-state index in [-0.39, 0.29) is 0 Å². The highest BCUT2D eigenvalue weighted by molar-refractivity contribution is 8.08. The summed E-state index contributed by atoms with van der Waals surface area (Å²) in [6, 6.07) is 0. The maximum absolute atomic E-state index is 2.24. The quantitative estimate of drug-likeness (QED) is 0.361. The van der Waals surface area contributed by atoms with E-state index in [0.717, 1.165) is 5.25 Å². The minimum atomic E-state index is 1.02. The van der Waals surface area contributed by atoms with E-state index in [1.807, 2.05) is 0 Å². The van der Waals surface area contributed by atoms with Gasteiger partial charge in [-0.25, -0.2) is 0 Å². The Kier molecular flexibility index (Phi) is 12.6. The molecule has 1 aliphatic heterocycles. The van der Waals surface area contributed by atoms with Crippen LogP contribution in [-0.2, 0) is 0 Å². The molecule has 0 bridgehead atoms. The van der Waals surface area contributed by atoms with Gasteiger partial charge in [0.15, 0.2) is 0 Å². The van der Waals surface area contributed by atoms with E-state index in [4.69, 9.17) is 0 Å². The van der Waals surface area contributed by atoms with Gasteiger partial charge in [0, 0.05) is 39.8 Å². The third kappa shape index (κ3) is 12.5. The molecule has 102 valence electrons. The van der Waals surface area contributed by atoms with Crippen molar-refractivity contribution >= 4 is 58.8 Å². The van der Waals surface area contributed by atoms with Crippen molar-refractivity contribution in [3.05, 3.63) is 0 Å². The SMILES string of the molecule is CCSCCSCCSCCCSCC1CS1. The summed E-state index contributed by atoms with van der Waals surface area (Å²) >= 11 is 10.6. The van der Waals surface area contributed by atoms with Crippen LogP contribution < -0.4 is 0 Å². The second-order valence-corrected chi connectivity index (χ2v) is 10.1. The van der Waals surface area contributed by atoms with Crippen molar-refractivity contribution in [3.8, 4) is 0 Å². The Morgan fingerprint density at radius 1 is 0.882 bits per heavy atom. The van der Waals surface area contributed by atoms with Crippen LogP contribution in [0.15, 0.2) is 0 Å². The third-order valence-corrected chi connectivity index (χ3v) is 8.10. The van der Waals surface area contributed by atoms with E-state index in [1.54, 1.807) is 0 Å². The van der Waals surface area contributed by atoms with Gasteiger partial charge in [-0.1, -0.05) is 6.92 Å². The van der Waals surface area contributed by atoms with Gasteiger partial charge in [0.25, 0.3) is 0 Å². The molecule has 0 amide bonds. The van der Waals surface area contributed by atoms with E-state index in [2.05, 4.69) is 65.7 Å². The summed E-state index contributed by atoms with van der Waals surface area (Å²) in [7, 11) is 0. The average molecular weight is 329 g/mol. The summed E-state index contributed by atoms with van der Waals surface area (Å²) in [6.45, 7) is 2.24. The minimum absolute atomic E-state index is 1.02. The highest BCUT2D eigenvalue weighted by Gasteiger charge is 2.21. The number of rotatable bonds is 13. The fraction of sp³-hybridized carbons (Fsp3) is 1.00. The summed E-state index contributed by atoms with van der Waals surface area (Å²) in [6.07, 6.45) is 1.41. The molecule has 0 aromatic heterocycles. The fourth-order valence-electron chi connectivity index (χ4n) is 1.23. The second kappa shape index (κ2) is 12.8. The van der Waals surface area contributed by atoms with Crippen LogP contribution in [0.5, 0.6) is 0 Å². The van der Waals surface area contributed by atoms with Crippen LogP contribution in [0.25, 0.3) is 0 Å². The van der Waals surface area contributed by atoms with Gasteiger partial charge in [-0.3, -0.25) is 0 Å². The lowest BCUT2D eigenvalue weighted by Gasteiger charge is -2.02. The lowest BCUT2D eigenvalue weighted by molar-refractivity contribution is 1.12. The van der Waals surface area contributed by atoms with Crippen LogP contribution in [0.1, 0.15) is 13.3 Å². The zero-order valence-electron chi connectivity index (χ0n) is 10.7. The molecule has 0 radical (unpaired) electrons. The molecule has 0 saturated carbocycles. The van der Waals surface area contributed by atoms with Crippen molar-refractivity contribution in [3.63, 3.8) is 0 Å². The topological polar surface area (TPSA) is 0 Å². The van der Waals surface area contributed by atoms with Crippen molar-refractivity contribution < 1.29 is 0 Å². The largest absolute Gasteiger partial charge is 0.161 e. The molecule has 1 fully saturated rings. The van der Waals surface area contributed by atoms with Gasteiger partial charge in [0.1, 0.15) is 0 Å². The third-order valence-electron chi connectivity index (χ3n) is 2.23. The van der Waals surface area contributed by atoms with E-state index in [1.165, 1.54) is 58.2 Å². The zero-order valence-corrected chi connectivity index (χ0v) is 14.8. The van der Waals surface area contributed by atoms with Gasteiger partial charge in [-0.05, 0) is 23.7 Å². The molecule has 0 aromatic rings. The standard InChI is InChI=1S/C12H24S5/c1-2-13-6-7-15-9-8-14-4-3-5-16-10-12-11-17-12/h12H,2-11H2,1H3. The number of hydrogen-bond acceptors (Lipinski definition) is 5. The monoisotopic (exact) mass is 328 g/mol. The summed E-state index contributed by atoms with van der Waals surface area (Å²) in [5.74, 6) is 12.2. The Morgan fingerprint density at radius 3 is 2.12 bits per heavy atom. The normalized spacial score (nSPS) is 18.5. The van der Waals surface area contributed by atoms with Gasteiger partial charge in [-0.15, -0.1) is 0 Å². The molecule has 1 atom stereocenters. The van der Waals surface area contributed by atoms with E-state index < -0.39 is 0 Å². The second-order valence-electron chi connectivity index (χ2n) is 3.81. The van der Waals surface area contributed by atoms with Gasteiger partial charge in [0.2, 0.25) is 0 Å². The van der Waals surface area contributed by atoms with Crippen molar-refractivity contribution in [1.82, 2.24) is 0 Å². The molecule has 17 heavy (non-hydrogen) atoms. The first-order valence-corrected chi connectivity index (χ1v) is 12.0. The molecular formula is C12H24S5. The molecule has 0 aromatic carbocycles. The first-order chi connectivity index (χ1) is 8.43. The van der Waals surface area contributed by atoms with E-state index >= 15 is 0 Å². The molecule has 1 aliphatic rings. The highest BCUT2D eigenvalue weighted by atomic mass is 32.2. The molecule has 5 heteroatoms. The average Bonchev–Trinajstić information content (AvgIpc) is 3.15. The summed E-state index contributed by atoms with van der Waals surface area (Å²) in [4.78, 5) is 0. The molecule has 0 spiro atoms. The Morgan fingerprint density at radius 2 is 1.47 bits per heavy atom. The molecular weight excluding hydrogens is 304 g/mol. The van der Waals surface area contributed by atoms with Crippen molar-refractivity contribution in [2.24, 2.45) is 0 Å². The molecule has 1 rings (SSSR count). The van der Waals surface area contributed by atoms with Crippen LogP contribution >= 0.6 is 58.8 Å². The summed E-state index contributed by atoms with van der Waals surface area (Å²) in [5.41, 5.74) is 0. The maximum atomic E-state index is 2.24. The van der Waals surface area contributed by atoms with Crippen molar-refractivity contribution in [2.45, 2.75) is 18.6 Å². The fourth-order valence-corrected chi connectivity index (χ4v) is 6.31. The van der Waals surface area contributed by atoms with Crippen LogP contribution in [0.4, 0.5) is 0 Å². The molecule has 0 aliphatic carbocycles. The molecule has 0 nitrogen and oxygen atoms in total. The molecule has 1 saturated heterocycles. The maximum Gasteiger partial charge on any atom is 0.0229 e. The van der Waals surface area contributed by atoms with E-state index in [9.17, 15) is 0 Å². The Balaban J connectivity index is 1.61. The van der Waals surface area contributed by atoms with Gasteiger partial charge < -0.3 is 0 Å².